The summed E-state index contributed by atoms with van der Waals surface area (Å²) in [4.78, 5) is 2.40. The summed E-state index contributed by atoms with van der Waals surface area (Å²) < 4.78 is 9.12. The number of anilines is 3. The van der Waals surface area contributed by atoms with Gasteiger partial charge in [0.2, 0.25) is 0 Å². The third-order valence-corrected chi connectivity index (χ3v) is 13.8. The molecule has 0 aliphatic heterocycles. The van der Waals surface area contributed by atoms with E-state index in [4.69, 9.17) is 4.42 Å². The molecular formula is C61H42N2O. The first-order valence-corrected chi connectivity index (χ1v) is 22.2. The number of aromatic nitrogens is 1. The van der Waals surface area contributed by atoms with Gasteiger partial charge in [0.05, 0.1) is 11.0 Å². The molecule has 302 valence electrons. The first-order chi connectivity index (χ1) is 31.5. The van der Waals surface area contributed by atoms with Gasteiger partial charge in [-0.1, -0.05) is 159 Å². The number of furan rings is 1. The van der Waals surface area contributed by atoms with Crippen LogP contribution in [0.4, 0.5) is 17.1 Å². The fraction of sp³-hybridized carbons (Fsp3) is 0.0492. The van der Waals surface area contributed by atoms with E-state index in [0.717, 1.165) is 72.1 Å². The van der Waals surface area contributed by atoms with Gasteiger partial charge in [-0.15, -0.1) is 0 Å². The monoisotopic (exact) mass is 818 g/mol. The molecule has 12 aromatic rings. The van der Waals surface area contributed by atoms with Crippen LogP contribution >= 0.6 is 0 Å². The van der Waals surface area contributed by atoms with Gasteiger partial charge in [-0.05, 0) is 123 Å². The Balaban J connectivity index is 0.953. The van der Waals surface area contributed by atoms with E-state index in [1.54, 1.807) is 0 Å². The quantitative estimate of drug-likeness (QED) is 0.167. The summed E-state index contributed by atoms with van der Waals surface area (Å²) in [5.41, 5.74) is 18.6. The Kier molecular flexibility index (Phi) is 7.95. The lowest BCUT2D eigenvalue weighted by Gasteiger charge is -2.28. The predicted molar refractivity (Wildman–Crippen MR) is 269 cm³/mol. The number of fused-ring (bicyclic) bond motifs is 12. The largest absolute Gasteiger partial charge is 0.455 e. The average molecular weight is 819 g/mol. The molecule has 0 saturated heterocycles. The first kappa shape index (κ1) is 36.5. The minimum Gasteiger partial charge on any atom is -0.455 e. The fourth-order valence-corrected chi connectivity index (χ4v) is 10.6. The van der Waals surface area contributed by atoms with Crippen molar-refractivity contribution in [1.82, 2.24) is 4.57 Å². The highest BCUT2D eigenvalue weighted by Gasteiger charge is 2.35. The molecule has 0 N–H and O–H groups in total. The molecule has 3 nitrogen and oxygen atoms in total. The van der Waals surface area contributed by atoms with Gasteiger partial charge in [0.1, 0.15) is 11.2 Å². The molecule has 2 heterocycles. The number of para-hydroxylation sites is 2. The van der Waals surface area contributed by atoms with E-state index in [9.17, 15) is 0 Å². The van der Waals surface area contributed by atoms with Crippen molar-refractivity contribution in [3.05, 3.63) is 230 Å². The summed E-state index contributed by atoms with van der Waals surface area (Å²) >= 11 is 0. The highest BCUT2D eigenvalue weighted by molar-refractivity contribution is 6.27. The second kappa shape index (κ2) is 13.9. The van der Waals surface area contributed by atoms with Gasteiger partial charge in [0.15, 0.2) is 0 Å². The van der Waals surface area contributed by atoms with Gasteiger partial charge in [-0.3, -0.25) is 0 Å². The third-order valence-electron chi connectivity index (χ3n) is 13.8. The lowest BCUT2D eigenvalue weighted by Crippen LogP contribution is -2.16. The number of nitrogens with zero attached hydrogens (tertiary/aromatic N) is 2. The van der Waals surface area contributed by atoms with Crippen molar-refractivity contribution >= 4 is 71.6 Å². The lowest BCUT2D eigenvalue weighted by molar-refractivity contribution is 0.660. The average Bonchev–Trinajstić information content (AvgIpc) is 3.98. The Morgan fingerprint density at radius 1 is 0.422 bits per heavy atom. The first-order valence-electron chi connectivity index (χ1n) is 22.2. The highest BCUT2D eigenvalue weighted by atomic mass is 16.3. The summed E-state index contributed by atoms with van der Waals surface area (Å²) in [5.74, 6) is 0. The summed E-state index contributed by atoms with van der Waals surface area (Å²) in [6, 6.07) is 79.6. The summed E-state index contributed by atoms with van der Waals surface area (Å²) in [7, 11) is 0. The molecule has 1 aliphatic rings. The van der Waals surface area contributed by atoms with Crippen LogP contribution in [-0.2, 0) is 5.41 Å². The molecule has 0 spiro atoms. The van der Waals surface area contributed by atoms with Crippen LogP contribution in [-0.4, -0.2) is 4.57 Å². The summed E-state index contributed by atoms with van der Waals surface area (Å²) in [6.45, 7) is 4.70. The Labute approximate surface area is 371 Å². The molecule has 0 bridgehead atoms. The maximum atomic E-state index is 6.70. The number of rotatable bonds is 6. The van der Waals surface area contributed by atoms with Gasteiger partial charge in [0.25, 0.3) is 0 Å². The van der Waals surface area contributed by atoms with Crippen LogP contribution in [0.2, 0.25) is 0 Å². The Hall–Kier alpha value is -8.14. The molecule has 0 radical (unpaired) electrons. The molecule has 2 aromatic heterocycles. The zero-order chi connectivity index (χ0) is 42.5. The van der Waals surface area contributed by atoms with Crippen molar-refractivity contribution in [2.75, 3.05) is 4.90 Å². The maximum absolute atomic E-state index is 6.70. The van der Waals surface area contributed by atoms with Crippen LogP contribution < -0.4 is 4.90 Å². The molecule has 0 unspecified atom stereocenters. The van der Waals surface area contributed by atoms with Crippen molar-refractivity contribution in [1.29, 1.82) is 0 Å². The van der Waals surface area contributed by atoms with Crippen molar-refractivity contribution in [3.8, 4) is 39.1 Å². The molecule has 0 atom stereocenters. The third kappa shape index (κ3) is 5.47. The number of benzene rings is 10. The van der Waals surface area contributed by atoms with Crippen LogP contribution in [0, 0.1) is 0 Å². The molecule has 0 fully saturated rings. The van der Waals surface area contributed by atoms with Crippen LogP contribution in [0.25, 0.3) is 93.6 Å². The topological polar surface area (TPSA) is 21.3 Å². The van der Waals surface area contributed by atoms with Crippen LogP contribution in [0.15, 0.2) is 223 Å². The van der Waals surface area contributed by atoms with Gasteiger partial charge >= 0.3 is 0 Å². The molecule has 3 heteroatoms. The molecule has 10 aromatic carbocycles. The minimum absolute atomic E-state index is 0.110. The van der Waals surface area contributed by atoms with E-state index in [2.05, 4.69) is 236 Å². The van der Waals surface area contributed by atoms with Crippen molar-refractivity contribution in [3.63, 3.8) is 0 Å². The Bertz CT molecular complexity index is 3780. The van der Waals surface area contributed by atoms with Gasteiger partial charge in [-0.25, -0.2) is 0 Å². The lowest BCUT2D eigenvalue weighted by atomic mass is 9.82. The molecule has 64 heavy (non-hydrogen) atoms. The van der Waals surface area contributed by atoms with E-state index in [0.29, 0.717) is 0 Å². The van der Waals surface area contributed by atoms with E-state index in [-0.39, 0.29) is 5.41 Å². The second-order valence-electron chi connectivity index (χ2n) is 17.7. The highest BCUT2D eigenvalue weighted by Crippen LogP contribution is 2.51. The standard InChI is InChI=1S/C61H42N2O/c1-61(2)54-19-11-9-17-48(54)49-35-32-47(38-55(49)61)62(45-28-21-40(22-29-45)39-13-5-3-6-14-39)46-30-23-41(24-31-46)43-27-36-56-53(37-43)51-33-25-42-26-34-52-50-18-10-12-20-57(50)64-60(52)58(42)59(51)63(56)44-15-7-4-8-16-44/h3-38H,1-2H3. The number of hydrogen-bond acceptors (Lipinski definition) is 2. The van der Waals surface area contributed by atoms with Crippen molar-refractivity contribution in [2.45, 2.75) is 19.3 Å². The fourth-order valence-electron chi connectivity index (χ4n) is 10.6. The van der Waals surface area contributed by atoms with Gasteiger partial charge in [0, 0.05) is 55.1 Å². The number of hydrogen-bond donors (Lipinski definition) is 0. The molecule has 13 rings (SSSR count). The molecular weight excluding hydrogens is 777 g/mol. The maximum Gasteiger partial charge on any atom is 0.145 e. The second-order valence-corrected chi connectivity index (χ2v) is 17.7. The normalized spacial score (nSPS) is 13.0. The van der Waals surface area contributed by atoms with Crippen LogP contribution in [0.1, 0.15) is 25.0 Å². The van der Waals surface area contributed by atoms with Crippen LogP contribution in [0.5, 0.6) is 0 Å². The van der Waals surface area contributed by atoms with Crippen molar-refractivity contribution < 1.29 is 4.42 Å². The smallest absolute Gasteiger partial charge is 0.145 e. The zero-order valence-electron chi connectivity index (χ0n) is 35.6. The molecule has 0 saturated carbocycles. The van der Waals surface area contributed by atoms with Crippen LogP contribution in [0.3, 0.4) is 0 Å². The predicted octanol–water partition coefficient (Wildman–Crippen LogP) is 16.9. The van der Waals surface area contributed by atoms with E-state index in [1.165, 1.54) is 49.7 Å². The summed E-state index contributed by atoms with van der Waals surface area (Å²) in [5, 5.41) is 6.97. The minimum atomic E-state index is -0.110. The van der Waals surface area contributed by atoms with E-state index >= 15 is 0 Å². The van der Waals surface area contributed by atoms with E-state index in [1.807, 2.05) is 6.07 Å². The van der Waals surface area contributed by atoms with Gasteiger partial charge < -0.3 is 13.9 Å². The molecule has 1 aliphatic carbocycles. The van der Waals surface area contributed by atoms with Crippen molar-refractivity contribution in [2.24, 2.45) is 0 Å². The Morgan fingerprint density at radius 3 is 1.78 bits per heavy atom. The van der Waals surface area contributed by atoms with Gasteiger partial charge in [-0.2, -0.15) is 0 Å². The zero-order valence-corrected chi connectivity index (χ0v) is 35.6. The molecule has 0 amide bonds. The summed E-state index contributed by atoms with van der Waals surface area (Å²) in [6.07, 6.45) is 0. The van der Waals surface area contributed by atoms with E-state index < -0.39 is 0 Å². The SMILES string of the molecule is CC1(C)c2ccccc2-c2ccc(N(c3ccc(-c4ccccc4)cc3)c3ccc(-c4ccc5c(c4)c4ccc6ccc7c8ccccc8oc7c6c4n5-c4ccccc4)cc3)cc21. The Morgan fingerprint density at radius 2 is 1.02 bits per heavy atom.